The molecule has 1 aromatic heterocycles. The van der Waals surface area contributed by atoms with E-state index in [-0.39, 0.29) is 5.91 Å². The number of nitrogens with one attached hydrogen (secondary N) is 1. The molecule has 3 rings (SSSR count). The molecule has 0 bridgehead atoms. The lowest BCUT2D eigenvalue weighted by atomic mass is 10.2. The van der Waals surface area contributed by atoms with Crippen LogP contribution in [0.4, 0.5) is 5.69 Å². The summed E-state index contributed by atoms with van der Waals surface area (Å²) >= 11 is 1.73. The van der Waals surface area contributed by atoms with Crippen LogP contribution in [0.5, 0.6) is 5.75 Å². The molecule has 1 heterocycles. The van der Waals surface area contributed by atoms with Gasteiger partial charge in [0.1, 0.15) is 5.75 Å². The van der Waals surface area contributed by atoms with E-state index < -0.39 is 0 Å². The lowest BCUT2D eigenvalue weighted by molar-refractivity contribution is 0.102. The highest BCUT2D eigenvalue weighted by Crippen LogP contribution is 2.24. The molecule has 3 aromatic rings. The van der Waals surface area contributed by atoms with Gasteiger partial charge < -0.3 is 10.1 Å². The van der Waals surface area contributed by atoms with Crippen LogP contribution in [-0.4, -0.2) is 18.0 Å². The zero-order valence-electron chi connectivity index (χ0n) is 13.8. The van der Waals surface area contributed by atoms with E-state index in [0.717, 1.165) is 16.3 Å². The Bertz CT molecular complexity index is 836. The summed E-state index contributed by atoms with van der Waals surface area (Å²) in [5.41, 5.74) is 2.51. The van der Waals surface area contributed by atoms with Gasteiger partial charge in [0.25, 0.3) is 5.91 Å². The van der Waals surface area contributed by atoms with Crippen LogP contribution < -0.4 is 10.1 Å². The minimum absolute atomic E-state index is 0.158. The number of carbonyl (C=O) groups excluding carboxylic acids is 1. The zero-order chi connectivity index (χ0) is 17.5. The molecule has 0 aliphatic rings. The molecule has 0 radical (unpaired) electrons. The van der Waals surface area contributed by atoms with Crippen molar-refractivity contribution in [2.45, 2.75) is 10.6 Å². The summed E-state index contributed by atoms with van der Waals surface area (Å²) in [6.07, 6.45) is 3.64. The van der Waals surface area contributed by atoms with Crippen LogP contribution in [0, 0.1) is 0 Å². The molecule has 0 atom stereocenters. The van der Waals surface area contributed by atoms with Crippen molar-refractivity contribution in [2.24, 2.45) is 0 Å². The topological polar surface area (TPSA) is 51.2 Å². The molecule has 1 N–H and O–H groups in total. The molecule has 0 saturated heterocycles. The van der Waals surface area contributed by atoms with E-state index in [1.54, 1.807) is 43.3 Å². The van der Waals surface area contributed by atoms with Crippen molar-refractivity contribution in [3.05, 3.63) is 84.2 Å². The molecule has 4 nitrogen and oxygen atoms in total. The highest BCUT2D eigenvalue weighted by atomic mass is 32.2. The molecule has 2 aromatic carbocycles. The molecule has 0 fully saturated rings. The number of aromatic nitrogens is 1. The molecule has 0 aliphatic carbocycles. The third-order valence-corrected chi connectivity index (χ3v) is 4.66. The maximum atomic E-state index is 12.3. The first kappa shape index (κ1) is 17.0. The number of amides is 1. The third-order valence-electron chi connectivity index (χ3n) is 3.57. The van der Waals surface area contributed by atoms with Gasteiger partial charge in [-0.3, -0.25) is 9.78 Å². The lowest BCUT2D eigenvalue weighted by Gasteiger charge is -2.08. The number of anilines is 1. The Hall–Kier alpha value is -2.79. The van der Waals surface area contributed by atoms with Crippen LogP contribution in [0.2, 0.25) is 0 Å². The Balaban J connectivity index is 1.59. The number of thioether (sulfide) groups is 1. The second-order valence-electron chi connectivity index (χ2n) is 5.36. The first-order chi connectivity index (χ1) is 12.2. The van der Waals surface area contributed by atoms with Gasteiger partial charge in [-0.1, -0.05) is 12.1 Å². The summed E-state index contributed by atoms with van der Waals surface area (Å²) in [7, 11) is 1.58. The average molecular weight is 350 g/mol. The minimum atomic E-state index is -0.158. The molecular weight excluding hydrogens is 332 g/mol. The quantitative estimate of drug-likeness (QED) is 0.658. The largest absolute Gasteiger partial charge is 0.497 e. The summed E-state index contributed by atoms with van der Waals surface area (Å²) in [5.74, 6) is 1.37. The van der Waals surface area contributed by atoms with Crippen LogP contribution in [0.25, 0.3) is 0 Å². The van der Waals surface area contributed by atoms with E-state index in [1.165, 1.54) is 5.56 Å². The van der Waals surface area contributed by atoms with Gasteiger partial charge in [0.2, 0.25) is 0 Å². The maximum absolute atomic E-state index is 12.3. The molecule has 0 aliphatic heterocycles. The first-order valence-electron chi connectivity index (χ1n) is 7.82. The average Bonchev–Trinajstić information content (AvgIpc) is 2.68. The van der Waals surface area contributed by atoms with Gasteiger partial charge in [0, 0.05) is 34.3 Å². The molecule has 126 valence electrons. The van der Waals surface area contributed by atoms with Crippen LogP contribution >= 0.6 is 11.8 Å². The van der Waals surface area contributed by atoms with Gasteiger partial charge in [0.05, 0.1) is 7.11 Å². The highest BCUT2D eigenvalue weighted by Gasteiger charge is 2.07. The Morgan fingerprint density at radius 2 is 1.96 bits per heavy atom. The molecule has 25 heavy (non-hydrogen) atoms. The van der Waals surface area contributed by atoms with Gasteiger partial charge in [-0.2, -0.15) is 0 Å². The Kier molecular flexibility index (Phi) is 5.69. The second kappa shape index (κ2) is 8.35. The van der Waals surface area contributed by atoms with Crippen molar-refractivity contribution >= 4 is 23.4 Å². The summed E-state index contributed by atoms with van der Waals surface area (Å²) in [5, 5.41) is 2.90. The summed E-state index contributed by atoms with van der Waals surface area (Å²) in [4.78, 5) is 17.6. The van der Waals surface area contributed by atoms with Crippen molar-refractivity contribution in [3.8, 4) is 5.75 Å². The number of hydrogen-bond acceptors (Lipinski definition) is 4. The zero-order valence-corrected chi connectivity index (χ0v) is 14.6. The van der Waals surface area contributed by atoms with Gasteiger partial charge in [-0.05, 0) is 54.1 Å². The van der Waals surface area contributed by atoms with Crippen LogP contribution in [0.3, 0.4) is 0 Å². The number of pyridine rings is 1. The lowest BCUT2D eigenvalue weighted by Crippen LogP contribution is -2.11. The monoisotopic (exact) mass is 350 g/mol. The van der Waals surface area contributed by atoms with Crippen LogP contribution in [0.1, 0.15) is 15.9 Å². The first-order valence-corrected chi connectivity index (χ1v) is 8.80. The number of carbonyl (C=O) groups is 1. The molecule has 0 saturated carbocycles. The molecule has 0 unspecified atom stereocenters. The Morgan fingerprint density at radius 3 is 2.68 bits per heavy atom. The Morgan fingerprint density at radius 1 is 1.12 bits per heavy atom. The summed E-state index contributed by atoms with van der Waals surface area (Å²) in [6.45, 7) is 0. The fourth-order valence-electron chi connectivity index (χ4n) is 2.25. The summed E-state index contributed by atoms with van der Waals surface area (Å²) in [6, 6.07) is 18.9. The Labute approximate surface area is 151 Å². The highest BCUT2D eigenvalue weighted by molar-refractivity contribution is 7.98. The van der Waals surface area contributed by atoms with Crippen LogP contribution in [0.15, 0.2) is 78.0 Å². The number of nitrogens with zero attached hydrogens (tertiary/aromatic N) is 1. The third kappa shape index (κ3) is 4.84. The van der Waals surface area contributed by atoms with E-state index >= 15 is 0 Å². The second-order valence-corrected chi connectivity index (χ2v) is 6.41. The molecular formula is C20H18N2O2S. The molecule has 0 spiro atoms. The predicted molar refractivity (Wildman–Crippen MR) is 101 cm³/mol. The van der Waals surface area contributed by atoms with Gasteiger partial charge >= 0.3 is 0 Å². The standard InChI is InChI=1S/C20H18N2O2S/c1-24-18-6-2-5-16(12-18)20(23)22-17-7-9-19(10-8-17)25-14-15-4-3-11-21-13-15/h2-13H,14H2,1H3,(H,22,23). The normalized spacial score (nSPS) is 10.3. The van der Waals surface area contributed by atoms with E-state index in [1.807, 2.05) is 42.6 Å². The molecule has 5 heteroatoms. The van der Waals surface area contributed by atoms with Crippen molar-refractivity contribution in [3.63, 3.8) is 0 Å². The summed E-state index contributed by atoms with van der Waals surface area (Å²) < 4.78 is 5.15. The number of rotatable bonds is 6. The van der Waals surface area contributed by atoms with Crippen molar-refractivity contribution in [1.82, 2.24) is 4.98 Å². The number of hydrogen-bond donors (Lipinski definition) is 1. The van der Waals surface area contributed by atoms with Crippen molar-refractivity contribution < 1.29 is 9.53 Å². The number of ether oxygens (including phenoxy) is 1. The minimum Gasteiger partial charge on any atom is -0.497 e. The van der Waals surface area contributed by atoms with Crippen molar-refractivity contribution in [2.75, 3.05) is 12.4 Å². The van der Waals surface area contributed by atoms with Gasteiger partial charge in [0.15, 0.2) is 0 Å². The van der Waals surface area contributed by atoms with Gasteiger partial charge in [-0.15, -0.1) is 11.8 Å². The van der Waals surface area contributed by atoms with E-state index in [0.29, 0.717) is 11.3 Å². The number of benzene rings is 2. The predicted octanol–water partition coefficient (Wildman–Crippen LogP) is 4.63. The van der Waals surface area contributed by atoms with E-state index in [4.69, 9.17) is 4.74 Å². The fraction of sp³-hybridized carbons (Fsp3) is 0.100. The van der Waals surface area contributed by atoms with E-state index in [9.17, 15) is 4.79 Å². The van der Waals surface area contributed by atoms with Crippen LogP contribution in [-0.2, 0) is 5.75 Å². The smallest absolute Gasteiger partial charge is 0.255 e. The van der Waals surface area contributed by atoms with Gasteiger partial charge in [-0.25, -0.2) is 0 Å². The molecule has 1 amide bonds. The van der Waals surface area contributed by atoms with Crippen molar-refractivity contribution in [1.29, 1.82) is 0 Å². The van der Waals surface area contributed by atoms with E-state index in [2.05, 4.69) is 16.4 Å². The number of methoxy groups -OCH3 is 1. The maximum Gasteiger partial charge on any atom is 0.255 e. The SMILES string of the molecule is COc1cccc(C(=O)Nc2ccc(SCc3cccnc3)cc2)c1. The fourth-order valence-corrected chi connectivity index (χ4v) is 3.08.